The average Bonchev–Trinajstić information content (AvgIpc) is 2.30. The van der Waals surface area contributed by atoms with Gasteiger partial charge in [0.2, 0.25) is 0 Å². The molecule has 0 aliphatic carbocycles. The summed E-state index contributed by atoms with van der Waals surface area (Å²) in [6.07, 6.45) is 2.93. The largest absolute Gasteiger partial charge is 0.368 e. The fourth-order valence-corrected chi connectivity index (χ4v) is 1.74. The lowest BCUT2D eigenvalue weighted by Crippen LogP contribution is -2.10. The van der Waals surface area contributed by atoms with E-state index in [1.807, 2.05) is 13.2 Å². The van der Waals surface area contributed by atoms with Gasteiger partial charge < -0.3 is 10.6 Å². The van der Waals surface area contributed by atoms with Crippen LogP contribution >= 0.6 is 11.8 Å². The normalized spacial score (nSPS) is 10.4. The Morgan fingerprint density at radius 3 is 2.47 bits per heavy atom. The van der Waals surface area contributed by atoms with E-state index < -0.39 is 11.6 Å². The molecule has 0 radical (unpaired) electrons. The predicted molar refractivity (Wildman–Crippen MR) is 69.8 cm³/mol. The van der Waals surface area contributed by atoms with E-state index in [4.69, 9.17) is 0 Å². The van der Waals surface area contributed by atoms with Crippen molar-refractivity contribution in [3.63, 3.8) is 0 Å². The molecule has 17 heavy (non-hydrogen) atoms. The maximum atomic E-state index is 13.4. The van der Waals surface area contributed by atoms with Gasteiger partial charge in [-0.3, -0.25) is 0 Å². The topological polar surface area (TPSA) is 37.0 Å². The van der Waals surface area contributed by atoms with Crippen molar-refractivity contribution in [3.8, 4) is 0 Å². The summed E-state index contributed by atoms with van der Waals surface area (Å²) < 4.78 is 26.6. The van der Waals surface area contributed by atoms with E-state index >= 15 is 0 Å². The smallest absolute Gasteiger partial charge is 0.168 e. The Bertz CT molecular complexity index is 361. The molecule has 6 heteroatoms. The number of nitrogens with one attached hydrogen (secondary N) is 2. The summed E-state index contributed by atoms with van der Waals surface area (Å²) in [5.41, 5.74) is 0. The molecule has 1 aromatic rings. The average molecular weight is 261 g/mol. The van der Waals surface area contributed by atoms with E-state index in [1.165, 1.54) is 0 Å². The van der Waals surface area contributed by atoms with Gasteiger partial charge in [0.05, 0.1) is 0 Å². The standard InChI is InChI=1S/C11H17F2N3S/c1-3-14-10-8(12)7-9(13)11(16-10)15-5-4-6-17-2/h7H,3-6H2,1-2H3,(H2,14,15,16). The van der Waals surface area contributed by atoms with E-state index in [0.717, 1.165) is 18.2 Å². The minimum absolute atomic E-state index is 0.0845. The zero-order valence-electron chi connectivity index (χ0n) is 10.0. The first-order chi connectivity index (χ1) is 8.19. The molecule has 0 aromatic carbocycles. The highest BCUT2D eigenvalue weighted by molar-refractivity contribution is 7.98. The van der Waals surface area contributed by atoms with Crippen molar-refractivity contribution in [2.24, 2.45) is 0 Å². The zero-order chi connectivity index (χ0) is 12.7. The van der Waals surface area contributed by atoms with Crippen LogP contribution in [-0.2, 0) is 0 Å². The van der Waals surface area contributed by atoms with Gasteiger partial charge in [0.25, 0.3) is 0 Å². The molecule has 0 unspecified atom stereocenters. The third-order valence-corrected chi connectivity index (χ3v) is 2.79. The Morgan fingerprint density at radius 2 is 1.88 bits per heavy atom. The molecule has 0 fully saturated rings. The SMILES string of the molecule is CCNc1nc(NCCCSC)c(F)cc1F. The van der Waals surface area contributed by atoms with Crippen LogP contribution in [0.25, 0.3) is 0 Å². The van der Waals surface area contributed by atoms with Gasteiger partial charge in [0.1, 0.15) is 0 Å². The van der Waals surface area contributed by atoms with Crippen molar-refractivity contribution < 1.29 is 8.78 Å². The number of anilines is 2. The van der Waals surface area contributed by atoms with E-state index in [-0.39, 0.29) is 11.6 Å². The van der Waals surface area contributed by atoms with E-state index in [2.05, 4.69) is 15.6 Å². The number of pyridine rings is 1. The summed E-state index contributed by atoms with van der Waals surface area (Å²) in [5, 5.41) is 5.62. The second kappa shape index (κ2) is 7.32. The lowest BCUT2D eigenvalue weighted by atomic mass is 10.3. The molecule has 2 N–H and O–H groups in total. The molecule has 1 heterocycles. The van der Waals surface area contributed by atoms with Gasteiger partial charge in [0, 0.05) is 19.2 Å². The second-order valence-electron chi connectivity index (χ2n) is 3.45. The van der Waals surface area contributed by atoms with Gasteiger partial charge in [-0.15, -0.1) is 0 Å². The minimum atomic E-state index is -0.668. The number of aromatic nitrogens is 1. The van der Waals surface area contributed by atoms with E-state index in [9.17, 15) is 8.78 Å². The molecule has 1 aromatic heterocycles. The van der Waals surface area contributed by atoms with Gasteiger partial charge >= 0.3 is 0 Å². The molecule has 3 nitrogen and oxygen atoms in total. The van der Waals surface area contributed by atoms with Crippen LogP contribution in [0.15, 0.2) is 6.07 Å². The van der Waals surface area contributed by atoms with Crippen LogP contribution < -0.4 is 10.6 Å². The molecule has 0 spiro atoms. The molecular formula is C11H17F2N3S. The first kappa shape index (κ1) is 14.0. The minimum Gasteiger partial charge on any atom is -0.368 e. The number of rotatable bonds is 7. The fraction of sp³-hybridized carbons (Fsp3) is 0.545. The van der Waals surface area contributed by atoms with Crippen LogP contribution in [0.5, 0.6) is 0 Å². The molecule has 0 amide bonds. The van der Waals surface area contributed by atoms with Crippen LogP contribution in [0.1, 0.15) is 13.3 Å². The Labute approximate surface area is 104 Å². The highest BCUT2D eigenvalue weighted by Crippen LogP contribution is 2.18. The number of hydrogen-bond acceptors (Lipinski definition) is 4. The van der Waals surface area contributed by atoms with Crippen molar-refractivity contribution in [2.45, 2.75) is 13.3 Å². The molecule has 0 bridgehead atoms. The maximum Gasteiger partial charge on any atom is 0.168 e. The van der Waals surface area contributed by atoms with E-state index in [1.54, 1.807) is 11.8 Å². The fourth-order valence-electron chi connectivity index (χ4n) is 1.31. The Morgan fingerprint density at radius 1 is 1.24 bits per heavy atom. The Balaban J connectivity index is 2.66. The Kier molecular flexibility index (Phi) is 6.04. The van der Waals surface area contributed by atoms with Gasteiger partial charge in [-0.05, 0) is 25.4 Å². The van der Waals surface area contributed by atoms with Crippen LogP contribution in [0.2, 0.25) is 0 Å². The number of hydrogen-bond donors (Lipinski definition) is 2. The van der Waals surface area contributed by atoms with E-state index in [0.29, 0.717) is 13.1 Å². The third kappa shape index (κ3) is 4.38. The highest BCUT2D eigenvalue weighted by atomic mass is 32.2. The summed E-state index contributed by atoms with van der Waals surface area (Å²) in [6, 6.07) is 0.849. The molecule has 0 saturated heterocycles. The Hall–Kier alpha value is -1.04. The van der Waals surface area contributed by atoms with Crippen molar-refractivity contribution in [3.05, 3.63) is 17.7 Å². The zero-order valence-corrected chi connectivity index (χ0v) is 10.8. The number of halogens is 2. The summed E-state index contributed by atoms with van der Waals surface area (Å²) in [4.78, 5) is 3.88. The van der Waals surface area contributed by atoms with Crippen molar-refractivity contribution in [1.29, 1.82) is 0 Å². The predicted octanol–water partition coefficient (Wildman–Crippen LogP) is 2.96. The molecule has 0 atom stereocenters. The van der Waals surface area contributed by atoms with Crippen LogP contribution in [0.3, 0.4) is 0 Å². The second-order valence-corrected chi connectivity index (χ2v) is 4.44. The molecule has 96 valence electrons. The van der Waals surface area contributed by atoms with Crippen LogP contribution in [0.4, 0.5) is 20.4 Å². The number of thioether (sulfide) groups is 1. The summed E-state index contributed by atoms with van der Waals surface area (Å²) in [6.45, 7) is 3.00. The molecule has 0 aliphatic heterocycles. The number of nitrogens with zero attached hydrogens (tertiary/aromatic N) is 1. The summed E-state index contributed by atoms with van der Waals surface area (Å²) >= 11 is 1.73. The summed E-state index contributed by atoms with van der Waals surface area (Å²) in [5.74, 6) is -0.146. The van der Waals surface area contributed by atoms with Gasteiger partial charge in [0.15, 0.2) is 23.3 Å². The molecular weight excluding hydrogens is 244 g/mol. The van der Waals surface area contributed by atoms with Gasteiger partial charge in [-0.25, -0.2) is 13.8 Å². The third-order valence-electron chi connectivity index (χ3n) is 2.09. The van der Waals surface area contributed by atoms with Crippen molar-refractivity contribution in [2.75, 3.05) is 35.7 Å². The van der Waals surface area contributed by atoms with Gasteiger partial charge in [-0.2, -0.15) is 11.8 Å². The van der Waals surface area contributed by atoms with Gasteiger partial charge in [-0.1, -0.05) is 0 Å². The quantitative estimate of drug-likeness (QED) is 0.740. The molecule has 0 aliphatic rings. The first-order valence-corrected chi connectivity index (χ1v) is 6.91. The van der Waals surface area contributed by atoms with Crippen LogP contribution in [0, 0.1) is 11.6 Å². The van der Waals surface area contributed by atoms with Crippen LogP contribution in [-0.4, -0.2) is 30.1 Å². The molecule has 1 rings (SSSR count). The lowest BCUT2D eigenvalue weighted by Gasteiger charge is -2.10. The monoisotopic (exact) mass is 261 g/mol. The highest BCUT2D eigenvalue weighted by Gasteiger charge is 2.10. The van der Waals surface area contributed by atoms with Crippen molar-refractivity contribution in [1.82, 2.24) is 4.98 Å². The lowest BCUT2D eigenvalue weighted by molar-refractivity contribution is 0.578. The first-order valence-electron chi connectivity index (χ1n) is 5.51. The van der Waals surface area contributed by atoms with Crippen molar-refractivity contribution >= 4 is 23.4 Å². The maximum absolute atomic E-state index is 13.4. The summed E-state index contributed by atoms with van der Waals surface area (Å²) in [7, 11) is 0. The molecule has 0 saturated carbocycles.